The first-order valence-electron chi connectivity index (χ1n) is 6.80. The highest BCUT2D eigenvalue weighted by Gasteiger charge is 2.33. The molecule has 0 saturated carbocycles. The van der Waals surface area contributed by atoms with Crippen LogP contribution in [0, 0.1) is 17.6 Å². The summed E-state index contributed by atoms with van der Waals surface area (Å²) in [6, 6.07) is 3.58. The number of halogens is 2. The van der Waals surface area contributed by atoms with Crippen molar-refractivity contribution in [2.75, 3.05) is 18.8 Å². The molecule has 0 spiro atoms. The minimum atomic E-state index is -0.573. The van der Waals surface area contributed by atoms with Crippen LogP contribution in [0.2, 0.25) is 0 Å². The number of nitrogens with zero attached hydrogens (tertiary/aromatic N) is 1. The van der Waals surface area contributed by atoms with E-state index in [1.165, 1.54) is 23.9 Å². The van der Waals surface area contributed by atoms with E-state index in [0.29, 0.717) is 29.7 Å². The van der Waals surface area contributed by atoms with Crippen molar-refractivity contribution in [1.29, 1.82) is 0 Å². The van der Waals surface area contributed by atoms with Crippen LogP contribution in [0.5, 0.6) is 0 Å². The molecular weight excluding hydrogens is 296 g/mol. The molecule has 1 heterocycles. The Kier molecular flexibility index (Phi) is 4.76. The summed E-state index contributed by atoms with van der Waals surface area (Å²) in [5.74, 6) is -0.103. The number of hydrogen-bond acceptors (Lipinski definition) is 3. The normalized spacial score (nSPS) is 15.8. The monoisotopic (exact) mass is 315 g/mol. The maximum absolute atomic E-state index is 13.5. The molecule has 1 aliphatic heterocycles. The fourth-order valence-corrected chi connectivity index (χ4v) is 2.94. The molecule has 1 amide bonds. The van der Waals surface area contributed by atoms with Gasteiger partial charge in [0.1, 0.15) is 17.2 Å². The predicted octanol–water partition coefficient (Wildman–Crippen LogP) is 3.92. The van der Waals surface area contributed by atoms with Crippen LogP contribution >= 0.6 is 11.8 Å². The molecule has 2 rings (SSSR count). The average Bonchev–Trinajstić information content (AvgIpc) is 2.27. The first-order chi connectivity index (χ1) is 9.74. The second kappa shape index (κ2) is 6.22. The van der Waals surface area contributed by atoms with Crippen LogP contribution in [-0.4, -0.2) is 35.4 Å². The molecule has 116 valence electrons. The van der Waals surface area contributed by atoms with Crippen molar-refractivity contribution in [2.24, 2.45) is 5.92 Å². The van der Waals surface area contributed by atoms with E-state index in [1.54, 1.807) is 4.90 Å². The summed E-state index contributed by atoms with van der Waals surface area (Å²) in [6.45, 7) is 6.72. The Hall–Kier alpha value is -1.30. The number of hydrogen-bond donors (Lipinski definition) is 0. The Balaban J connectivity index is 1.75. The third kappa shape index (κ3) is 4.59. The van der Waals surface area contributed by atoms with E-state index < -0.39 is 17.2 Å². The molecule has 1 aromatic carbocycles. The van der Waals surface area contributed by atoms with E-state index in [9.17, 15) is 13.6 Å². The molecule has 0 bridgehead atoms. The van der Waals surface area contributed by atoms with Gasteiger partial charge in [-0.2, -0.15) is 0 Å². The highest BCUT2D eigenvalue weighted by Crippen LogP contribution is 2.28. The third-order valence-electron chi connectivity index (χ3n) is 2.98. The lowest BCUT2D eigenvalue weighted by Gasteiger charge is -2.39. The van der Waals surface area contributed by atoms with Gasteiger partial charge in [0.15, 0.2) is 0 Å². The van der Waals surface area contributed by atoms with Crippen molar-refractivity contribution in [3.8, 4) is 0 Å². The minimum absolute atomic E-state index is 0.309. The predicted molar refractivity (Wildman–Crippen MR) is 78.4 cm³/mol. The molecule has 1 fully saturated rings. The maximum Gasteiger partial charge on any atom is 0.410 e. The number of rotatable bonds is 3. The number of benzene rings is 1. The minimum Gasteiger partial charge on any atom is -0.444 e. The molecular formula is C15H19F2NO2S. The Morgan fingerprint density at radius 1 is 1.38 bits per heavy atom. The van der Waals surface area contributed by atoms with Crippen LogP contribution in [0.4, 0.5) is 13.6 Å². The summed E-state index contributed by atoms with van der Waals surface area (Å²) in [5.41, 5.74) is -0.492. The van der Waals surface area contributed by atoms with Crippen LogP contribution in [-0.2, 0) is 4.74 Å². The number of thioether (sulfide) groups is 1. The van der Waals surface area contributed by atoms with Crippen LogP contribution in [0.3, 0.4) is 0 Å². The fourth-order valence-electron chi connectivity index (χ4n) is 1.95. The molecule has 1 aliphatic rings. The van der Waals surface area contributed by atoms with E-state index in [0.717, 1.165) is 6.07 Å². The zero-order chi connectivity index (χ0) is 15.6. The number of likely N-dealkylation sites (tertiary alicyclic amines) is 1. The molecule has 0 atom stereocenters. The molecule has 6 heteroatoms. The average molecular weight is 315 g/mol. The van der Waals surface area contributed by atoms with E-state index >= 15 is 0 Å². The second-order valence-electron chi connectivity index (χ2n) is 6.14. The van der Waals surface area contributed by atoms with E-state index in [4.69, 9.17) is 4.74 Å². The SMILES string of the molecule is CC(C)(C)OC(=O)N1CC(CSc2ccc(F)cc2F)C1. The molecule has 0 radical (unpaired) electrons. The highest BCUT2D eigenvalue weighted by atomic mass is 32.2. The molecule has 21 heavy (non-hydrogen) atoms. The van der Waals surface area contributed by atoms with Gasteiger partial charge in [-0.1, -0.05) is 0 Å². The fraction of sp³-hybridized carbons (Fsp3) is 0.533. The lowest BCUT2D eigenvalue weighted by molar-refractivity contribution is 0.00214. The van der Waals surface area contributed by atoms with Crippen molar-refractivity contribution in [1.82, 2.24) is 4.90 Å². The first kappa shape index (κ1) is 16.1. The van der Waals surface area contributed by atoms with Crippen molar-refractivity contribution >= 4 is 17.9 Å². The number of ether oxygens (including phenoxy) is 1. The molecule has 0 N–H and O–H groups in total. The van der Waals surface area contributed by atoms with Gasteiger partial charge in [-0.3, -0.25) is 0 Å². The number of carbonyl (C=O) groups excluding carboxylic acids is 1. The zero-order valence-corrected chi connectivity index (χ0v) is 13.2. The number of carbonyl (C=O) groups is 1. The lowest BCUT2D eigenvalue weighted by Crippen LogP contribution is -2.52. The van der Waals surface area contributed by atoms with Gasteiger partial charge in [-0.25, -0.2) is 13.6 Å². The summed E-state index contributed by atoms with van der Waals surface area (Å²) in [4.78, 5) is 13.8. The highest BCUT2D eigenvalue weighted by molar-refractivity contribution is 7.99. The molecule has 1 saturated heterocycles. The summed E-state index contributed by atoms with van der Waals surface area (Å²) >= 11 is 1.35. The zero-order valence-electron chi connectivity index (χ0n) is 12.4. The van der Waals surface area contributed by atoms with E-state index in [-0.39, 0.29) is 6.09 Å². The van der Waals surface area contributed by atoms with Gasteiger partial charge in [0, 0.05) is 35.7 Å². The van der Waals surface area contributed by atoms with Crippen LogP contribution in [0.15, 0.2) is 23.1 Å². The summed E-state index contributed by atoms with van der Waals surface area (Å²) < 4.78 is 31.5. The van der Waals surface area contributed by atoms with Gasteiger partial charge >= 0.3 is 6.09 Å². The molecule has 1 aromatic rings. The van der Waals surface area contributed by atoms with Crippen molar-refractivity contribution in [3.63, 3.8) is 0 Å². The van der Waals surface area contributed by atoms with Crippen molar-refractivity contribution in [3.05, 3.63) is 29.8 Å². The molecule has 0 aliphatic carbocycles. The molecule has 0 unspecified atom stereocenters. The largest absolute Gasteiger partial charge is 0.444 e. The number of amides is 1. The summed E-state index contributed by atoms with van der Waals surface area (Å²) in [6.07, 6.45) is -0.309. The van der Waals surface area contributed by atoms with E-state index in [2.05, 4.69) is 0 Å². The topological polar surface area (TPSA) is 29.5 Å². The van der Waals surface area contributed by atoms with Crippen LogP contribution < -0.4 is 0 Å². The first-order valence-corrected chi connectivity index (χ1v) is 7.79. The Bertz CT molecular complexity index is 525. The van der Waals surface area contributed by atoms with Gasteiger partial charge in [-0.05, 0) is 32.9 Å². The quantitative estimate of drug-likeness (QED) is 0.792. The Labute approximate surface area is 127 Å². The van der Waals surface area contributed by atoms with Gasteiger partial charge in [0.25, 0.3) is 0 Å². The van der Waals surface area contributed by atoms with Crippen LogP contribution in [0.1, 0.15) is 20.8 Å². The lowest BCUT2D eigenvalue weighted by atomic mass is 10.0. The molecule has 0 aromatic heterocycles. The summed E-state index contributed by atoms with van der Waals surface area (Å²) in [7, 11) is 0. The van der Waals surface area contributed by atoms with E-state index in [1.807, 2.05) is 20.8 Å². The van der Waals surface area contributed by atoms with Gasteiger partial charge < -0.3 is 9.64 Å². The third-order valence-corrected chi connectivity index (χ3v) is 4.26. The smallest absolute Gasteiger partial charge is 0.410 e. The summed E-state index contributed by atoms with van der Waals surface area (Å²) in [5, 5.41) is 0. The van der Waals surface area contributed by atoms with Gasteiger partial charge in [0.05, 0.1) is 0 Å². The van der Waals surface area contributed by atoms with Crippen LogP contribution in [0.25, 0.3) is 0 Å². The van der Waals surface area contributed by atoms with Gasteiger partial charge in [-0.15, -0.1) is 11.8 Å². The standard InChI is InChI=1S/C15H19F2NO2S/c1-15(2,3)20-14(19)18-7-10(8-18)9-21-13-5-4-11(16)6-12(13)17/h4-6,10H,7-9H2,1-3H3. The van der Waals surface area contributed by atoms with Crippen molar-refractivity contribution < 1.29 is 18.3 Å². The Morgan fingerprint density at radius 2 is 2.05 bits per heavy atom. The van der Waals surface area contributed by atoms with Gasteiger partial charge in [0.2, 0.25) is 0 Å². The van der Waals surface area contributed by atoms with Crippen molar-refractivity contribution in [2.45, 2.75) is 31.3 Å². The second-order valence-corrected chi connectivity index (χ2v) is 7.20. The molecule has 3 nitrogen and oxygen atoms in total. The maximum atomic E-state index is 13.5. The Morgan fingerprint density at radius 3 is 2.62 bits per heavy atom.